The van der Waals surface area contributed by atoms with Gasteiger partial charge in [-0.25, -0.2) is 4.99 Å². The molecular formula is C20H26N6OS. The summed E-state index contributed by atoms with van der Waals surface area (Å²) in [5, 5.41) is 17.2. The van der Waals surface area contributed by atoms with E-state index < -0.39 is 0 Å². The summed E-state index contributed by atoms with van der Waals surface area (Å²) in [7, 11) is 3.63. The van der Waals surface area contributed by atoms with Crippen LogP contribution in [0.15, 0.2) is 46.8 Å². The van der Waals surface area contributed by atoms with Gasteiger partial charge < -0.3 is 19.9 Å². The first-order chi connectivity index (χ1) is 13.7. The standard InChI is InChI=1S/C20H26N6OS/c1-15-24-25-19(26(15)2)14-23-20(21-11-10-18-5-4-12-28-18)22-13-16-6-8-17(27-3)9-7-16/h4-9,12H,10-11,13-14H2,1-3H3,(H2,21,22,23). The van der Waals surface area contributed by atoms with Gasteiger partial charge in [-0.15, -0.1) is 21.5 Å². The third-order valence-corrected chi connectivity index (χ3v) is 5.36. The van der Waals surface area contributed by atoms with E-state index in [1.807, 2.05) is 42.8 Å². The number of aliphatic imine (C=N–C) groups is 1. The molecule has 0 bridgehead atoms. The molecule has 0 aliphatic rings. The van der Waals surface area contributed by atoms with Crippen molar-refractivity contribution in [3.8, 4) is 5.75 Å². The predicted octanol–water partition coefficient (Wildman–Crippen LogP) is 2.67. The maximum atomic E-state index is 5.21. The molecule has 28 heavy (non-hydrogen) atoms. The number of ether oxygens (including phenoxy) is 1. The van der Waals surface area contributed by atoms with Gasteiger partial charge in [-0.1, -0.05) is 18.2 Å². The second kappa shape index (κ2) is 9.89. The molecule has 0 saturated heterocycles. The number of nitrogens with one attached hydrogen (secondary N) is 2. The molecule has 1 aromatic carbocycles. The molecule has 7 nitrogen and oxygen atoms in total. The third-order valence-electron chi connectivity index (χ3n) is 4.42. The minimum Gasteiger partial charge on any atom is -0.497 e. The van der Waals surface area contributed by atoms with Crippen LogP contribution >= 0.6 is 11.3 Å². The number of guanidine groups is 1. The number of aryl methyl sites for hydroxylation is 1. The molecule has 0 spiro atoms. The van der Waals surface area contributed by atoms with Crippen molar-refractivity contribution < 1.29 is 4.74 Å². The van der Waals surface area contributed by atoms with E-state index in [0.29, 0.717) is 13.1 Å². The van der Waals surface area contributed by atoms with Crippen LogP contribution in [0.5, 0.6) is 5.75 Å². The molecule has 3 rings (SSSR count). The van der Waals surface area contributed by atoms with Crippen molar-refractivity contribution >= 4 is 17.3 Å². The van der Waals surface area contributed by atoms with Gasteiger partial charge >= 0.3 is 0 Å². The lowest BCUT2D eigenvalue weighted by Crippen LogP contribution is -2.38. The molecule has 0 fully saturated rings. The van der Waals surface area contributed by atoms with Gasteiger partial charge in [-0.3, -0.25) is 0 Å². The molecule has 0 unspecified atom stereocenters. The largest absolute Gasteiger partial charge is 0.497 e. The molecule has 0 saturated carbocycles. The van der Waals surface area contributed by atoms with Crippen molar-refractivity contribution in [3.63, 3.8) is 0 Å². The maximum Gasteiger partial charge on any atom is 0.191 e. The first-order valence-corrected chi connectivity index (χ1v) is 10.1. The molecule has 2 aromatic heterocycles. The van der Waals surface area contributed by atoms with E-state index in [-0.39, 0.29) is 0 Å². The Balaban J connectivity index is 1.62. The Labute approximate surface area is 169 Å². The fraction of sp³-hybridized carbons (Fsp3) is 0.350. The van der Waals surface area contributed by atoms with Crippen LogP contribution in [0.2, 0.25) is 0 Å². The minimum absolute atomic E-state index is 0.560. The van der Waals surface area contributed by atoms with Gasteiger partial charge in [0.15, 0.2) is 11.8 Å². The highest BCUT2D eigenvalue weighted by Gasteiger charge is 2.06. The Kier molecular flexibility index (Phi) is 7.02. The van der Waals surface area contributed by atoms with Crippen LogP contribution in [0.1, 0.15) is 22.1 Å². The summed E-state index contributed by atoms with van der Waals surface area (Å²) in [6, 6.07) is 12.2. The quantitative estimate of drug-likeness (QED) is 0.451. The van der Waals surface area contributed by atoms with E-state index in [4.69, 9.17) is 9.73 Å². The molecule has 148 valence electrons. The highest BCUT2D eigenvalue weighted by Crippen LogP contribution is 2.12. The molecule has 3 aromatic rings. The molecule has 0 aliphatic heterocycles. The SMILES string of the molecule is COc1ccc(CN=C(NCCc2cccs2)NCc2nnc(C)n2C)cc1. The van der Waals surface area contributed by atoms with Gasteiger partial charge in [-0.05, 0) is 42.5 Å². The molecule has 2 heterocycles. The molecule has 0 radical (unpaired) electrons. The monoisotopic (exact) mass is 398 g/mol. The van der Waals surface area contributed by atoms with E-state index in [2.05, 4.69) is 38.3 Å². The van der Waals surface area contributed by atoms with Gasteiger partial charge in [0.25, 0.3) is 0 Å². The van der Waals surface area contributed by atoms with Gasteiger partial charge in [0.05, 0.1) is 20.2 Å². The van der Waals surface area contributed by atoms with E-state index in [0.717, 1.165) is 41.9 Å². The lowest BCUT2D eigenvalue weighted by atomic mass is 10.2. The molecular weight excluding hydrogens is 372 g/mol. The number of benzene rings is 1. The Morgan fingerprint density at radius 1 is 1.18 bits per heavy atom. The summed E-state index contributed by atoms with van der Waals surface area (Å²) in [5.74, 6) is 3.36. The van der Waals surface area contributed by atoms with Crippen molar-refractivity contribution in [2.24, 2.45) is 12.0 Å². The van der Waals surface area contributed by atoms with Crippen LogP contribution in [-0.4, -0.2) is 34.4 Å². The van der Waals surface area contributed by atoms with Crippen LogP contribution < -0.4 is 15.4 Å². The summed E-state index contributed by atoms with van der Waals surface area (Å²) in [6.45, 7) is 3.89. The van der Waals surface area contributed by atoms with Gasteiger partial charge in [0.2, 0.25) is 0 Å². The van der Waals surface area contributed by atoms with Gasteiger partial charge in [0, 0.05) is 18.5 Å². The molecule has 0 amide bonds. The summed E-state index contributed by atoms with van der Waals surface area (Å²) in [6.07, 6.45) is 0.962. The average Bonchev–Trinajstić information content (AvgIpc) is 3.35. The number of hydrogen-bond acceptors (Lipinski definition) is 5. The van der Waals surface area contributed by atoms with Crippen molar-refractivity contribution in [1.29, 1.82) is 0 Å². The van der Waals surface area contributed by atoms with Crippen molar-refractivity contribution in [1.82, 2.24) is 25.4 Å². The number of rotatable bonds is 8. The number of aromatic nitrogens is 3. The first kappa shape index (κ1) is 19.9. The van der Waals surface area contributed by atoms with Gasteiger partial charge in [-0.2, -0.15) is 0 Å². The summed E-state index contributed by atoms with van der Waals surface area (Å²) in [4.78, 5) is 6.07. The highest BCUT2D eigenvalue weighted by molar-refractivity contribution is 7.09. The smallest absolute Gasteiger partial charge is 0.191 e. The Hall–Kier alpha value is -2.87. The Morgan fingerprint density at radius 2 is 2.00 bits per heavy atom. The summed E-state index contributed by atoms with van der Waals surface area (Å²) >= 11 is 1.77. The zero-order valence-corrected chi connectivity index (χ0v) is 17.3. The van der Waals surface area contributed by atoms with E-state index in [1.54, 1.807) is 18.4 Å². The van der Waals surface area contributed by atoms with E-state index >= 15 is 0 Å². The van der Waals surface area contributed by atoms with Crippen LogP contribution in [0.25, 0.3) is 0 Å². The second-order valence-electron chi connectivity index (χ2n) is 6.35. The van der Waals surface area contributed by atoms with Crippen LogP contribution in [0, 0.1) is 6.92 Å². The lowest BCUT2D eigenvalue weighted by molar-refractivity contribution is 0.414. The van der Waals surface area contributed by atoms with Crippen molar-refractivity contribution in [2.45, 2.75) is 26.4 Å². The fourth-order valence-corrected chi connectivity index (χ4v) is 3.31. The van der Waals surface area contributed by atoms with Crippen LogP contribution in [-0.2, 0) is 26.6 Å². The van der Waals surface area contributed by atoms with Crippen molar-refractivity contribution in [2.75, 3.05) is 13.7 Å². The molecule has 2 N–H and O–H groups in total. The zero-order valence-electron chi connectivity index (χ0n) is 16.5. The average molecular weight is 399 g/mol. The summed E-state index contributed by atoms with van der Waals surface area (Å²) < 4.78 is 7.18. The molecule has 0 atom stereocenters. The summed E-state index contributed by atoms with van der Waals surface area (Å²) in [5.41, 5.74) is 1.12. The fourth-order valence-electron chi connectivity index (χ4n) is 2.60. The zero-order chi connectivity index (χ0) is 19.8. The predicted molar refractivity (Wildman–Crippen MR) is 113 cm³/mol. The normalized spacial score (nSPS) is 11.5. The van der Waals surface area contributed by atoms with E-state index in [1.165, 1.54) is 4.88 Å². The van der Waals surface area contributed by atoms with Gasteiger partial charge in [0.1, 0.15) is 11.6 Å². The first-order valence-electron chi connectivity index (χ1n) is 9.18. The van der Waals surface area contributed by atoms with Crippen molar-refractivity contribution in [3.05, 3.63) is 63.9 Å². The Bertz CT molecular complexity index is 886. The maximum absolute atomic E-state index is 5.21. The highest BCUT2D eigenvalue weighted by atomic mass is 32.1. The second-order valence-corrected chi connectivity index (χ2v) is 7.38. The Morgan fingerprint density at radius 3 is 2.64 bits per heavy atom. The lowest BCUT2D eigenvalue weighted by Gasteiger charge is -2.12. The molecule has 0 aliphatic carbocycles. The van der Waals surface area contributed by atoms with E-state index in [9.17, 15) is 0 Å². The minimum atomic E-state index is 0.560. The topological polar surface area (TPSA) is 76.4 Å². The van der Waals surface area contributed by atoms with Crippen LogP contribution in [0.4, 0.5) is 0 Å². The molecule has 8 heteroatoms. The van der Waals surface area contributed by atoms with Crippen LogP contribution in [0.3, 0.4) is 0 Å². The number of thiophene rings is 1. The number of nitrogens with zero attached hydrogens (tertiary/aromatic N) is 4. The third kappa shape index (κ3) is 5.56. The number of methoxy groups -OCH3 is 1. The number of hydrogen-bond donors (Lipinski definition) is 2.